The SMILES string of the molecule is CCCOc1ccc(-c2nn(-c3ccccc3)cc2/C=N/NC(=O)C2CCCCC2)cc1. The van der Waals surface area contributed by atoms with E-state index in [1.807, 2.05) is 65.5 Å². The summed E-state index contributed by atoms with van der Waals surface area (Å²) in [6.07, 6.45) is 9.94. The molecular weight excluding hydrogens is 400 g/mol. The van der Waals surface area contributed by atoms with Crippen molar-refractivity contribution in [1.82, 2.24) is 15.2 Å². The fourth-order valence-corrected chi connectivity index (χ4v) is 3.97. The lowest BCUT2D eigenvalue weighted by molar-refractivity contribution is -0.125. The molecule has 1 heterocycles. The zero-order valence-corrected chi connectivity index (χ0v) is 18.5. The van der Waals surface area contributed by atoms with E-state index in [2.05, 4.69) is 17.5 Å². The van der Waals surface area contributed by atoms with E-state index in [-0.39, 0.29) is 11.8 Å². The van der Waals surface area contributed by atoms with Crippen molar-refractivity contribution >= 4 is 12.1 Å². The summed E-state index contributed by atoms with van der Waals surface area (Å²) in [5.41, 5.74) is 6.29. The standard InChI is InChI=1S/C26H30N4O2/c1-2-17-32-24-15-13-20(14-16-24)25-22(19-30(29-25)23-11-7-4-8-12-23)18-27-28-26(31)21-9-5-3-6-10-21/h4,7-8,11-16,18-19,21H,2-3,5-6,9-10,17H2,1H3,(H,28,31)/b27-18+. The van der Waals surface area contributed by atoms with Gasteiger partial charge in [0.15, 0.2) is 0 Å². The number of nitrogens with zero attached hydrogens (tertiary/aromatic N) is 3. The van der Waals surface area contributed by atoms with E-state index in [0.717, 1.165) is 60.4 Å². The number of para-hydroxylation sites is 1. The summed E-state index contributed by atoms with van der Waals surface area (Å²) < 4.78 is 7.53. The number of amides is 1. The van der Waals surface area contributed by atoms with Gasteiger partial charge in [-0.2, -0.15) is 10.2 Å². The van der Waals surface area contributed by atoms with Crippen LogP contribution in [0.15, 0.2) is 65.9 Å². The summed E-state index contributed by atoms with van der Waals surface area (Å²) in [5.74, 6) is 0.923. The quantitative estimate of drug-likeness (QED) is 0.386. The molecule has 0 bridgehead atoms. The van der Waals surface area contributed by atoms with Gasteiger partial charge in [0, 0.05) is 23.2 Å². The minimum atomic E-state index is 0.00961. The van der Waals surface area contributed by atoms with Gasteiger partial charge in [0.25, 0.3) is 0 Å². The first-order chi connectivity index (χ1) is 15.7. The Morgan fingerprint density at radius 1 is 1.12 bits per heavy atom. The largest absolute Gasteiger partial charge is 0.494 e. The third kappa shape index (κ3) is 5.44. The summed E-state index contributed by atoms with van der Waals surface area (Å²) >= 11 is 0. The fourth-order valence-electron chi connectivity index (χ4n) is 3.97. The highest BCUT2D eigenvalue weighted by atomic mass is 16.5. The first-order valence-electron chi connectivity index (χ1n) is 11.5. The van der Waals surface area contributed by atoms with Crippen molar-refractivity contribution in [1.29, 1.82) is 0 Å². The molecule has 6 nitrogen and oxygen atoms in total. The number of nitrogens with one attached hydrogen (secondary N) is 1. The molecular formula is C26H30N4O2. The number of ether oxygens (including phenoxy) is 1. The summed E-state index contributed by atoms with van der Waals surface area (Å²) in [7, 11) is 0. The lowest BCUT2D eigenvalue weighted by Gasteiger charge is -2.19. The number of rotatable bonds is 8. The van der Waals surface area contributed by atoms with E-state index >= 15 is 0 Å². The van der Waals surface area contributed by atoms with Gasteiger partial charge >= 0.3 is 0 Å². The van der Waals surface area contributed by atoms with Crippen LogP contribution in [0.4, 0.5) is 0 Å². The van der Waals surface area contributed by atoms with Gasteiger partial charge in [-0.1, -0.05) is 44.4 Å². The Hall–Kier alpha value is -3.41. The molecule has 1 saturated carbocycles. The predicted molar refractivity (Wildman–Crippen MR) is 127 cm³/mol. The van der Waals surface area contributed by atoms with Gasteiger partial charge in [0.2, 0.25) is 5.91 Å². The molecule has 0 aliphatic heterocycles. The number of hydrazone groups is 1. The molecule has 6 heteroatoms. The fraction of sp³-hybridized carbons (Fsp3) is 0.346. The van der Waals surface area contributed by atoms with Crippen LogP contribution >= 0.6 is 0 Å². The Balaban J connectivity index is 1.57. The molecule has 3 aromatic rings. The molecule has 0 radical (unpaired) electrons. The van der Waals surface area contributed by atoms with Gasteiger partial charge in [-0.25, -0.2) is 10.1 Å². The summed E-state index contributed by atoms with van der Waals surface area (Å²) in [6.45, 7) is 2.78. The molecule has 1 aliphatic carbocycles. The van der Waals surface area contributed by atoms with Crippen LogP contribution in [-0.4, -0.2) is 28.5 Å². The Kier molecular flexibility index (Phi) is 7.33. The molecule has 4 rings (SSSR count). The summed E-state index contributed by atoms with van der Waals surface area (Å²) in [5, 5.41) is 9.07. The highest BCUT2D eigenvalue weighted by Gasteiger charge is 2.20. The molecule has 1 amide bonds. The van der Waals surface area contributed by atoms with Crippen LogP contribution in [-0.2, 0) is 4.79 Å². The van der Waals surface area contributed by atoms with Crippen molar-refractivity contribution < 1.29 is 9.53 Å². The monoisotopic (exact) mass is 430 g/mol. The van der Waals surface area contributed by atoms with E-state index in [9.17, 15) is 4.79 Å². The van der Waals surface area contributed by atoms with Crippen molar-refractivity contribution in [2.45, 2.75) is 45.4 Å². The highest BCUT2D eigenvalue weighted by molar-refractivity contribution is 5.90. The Labute approximate surface area is 189 Å². The average Bonchev–Trinajstić information content (AvgIpc) is 3.28. The van der Waals surface area contributed by atoms with E-state index in [1.165, 1.54) is 6.42 Å². The second kappa shape index (κ2) is 10.8. The van der Waals surface area contributed by atoms with E-state index < -0.39 is 0 Å². The first kappa shape index (κ1) is 21.8. The van der Waals surface area contributed by atoms with Crippen LogP contribution in [0.2, 0.25) is 0 Å². The number of hydrogen-bond acceptors (Lipinski definition) is 4. The van der Waals surface area contributed by atoms with E-state index in [0.29, 0.717) is 6.61 Å². The molecule has 1 aromatic heterocycles. The number of hydrogen-bond donors (Lipinski definition) is 1. The molecule has 32 heavy (non-hydrogen) atoms. The average molecular weight is 431 g/mol. The summed E-state index contributed by atoms with van der Waals surface area (Å²) in [6, 6.07) is 17.9. The zero-order chi connectivity index (χ0) is 22.2. The first-order valence-corrected chi connectivity index (χ1v) is 11.5. The molecule has 0 saturated heterocycles. The normalized spacial score (nSPS) is 14.5. The van der Waals surface area contributed by atoms with Gasteiger partial charge in [-0.05, 0) is 55.7 Å². The van der Waals surface area contributed by atoms with Crippen molar-refractivity contribution in [3.8, 4) is 22.7 Å². The van der Waals surface area contributed by atoms with E-state index in [4.69, 9.17) is 9.84 Å². The van der Waals surface area contributed by atoms with Crippen LogP contribution in [0, 0.1) is 5.92 Å². The molecule has 1 aliphatic rings. The van der Waals surface area contributed by atoms with Gasteiger partial charge in [0.1, 0.15) is 11.4 Å². The van der Waals surface area contributed by atoms with Gasteiger partial charge in [-0.15, -0.1) is 0 Å². The molecule has 0 spiro atoms. The van der Waals surface area contributed by atoms with Crippen LogP contribution in [0.5, 0.6) is 5.75 Å². The topological polar surface area (TPSA) is 68.5 Å². The number of benzene rings is 2. The van der Waals surface area contributed by atoms with Crippen molar-refractivity contribution in [3.63, 3.8) is 0 Å². The minimum Gasteiger partial charge on any atom is -0.494 e. The van der Waals surface area contributed by atoms with Crippen molar-refractivity contribution in [3.05, 3.63) is 66.4 Å². The van der Waals surface area contributed by atoms with Gasteiger partial charge < -0.3 is 4.74 Å². The Bertz CT molecular complexity index is 1040. The van der Waals surface area contributed by atoms with Gasteiger partial charge in [0.05, 0.1) is 18.5 Å². The highest BCUT2D eigenvalue weighted by Crippen LogP contribution is 2.26. The van der Waals surface area contributed by atoms with Crippen molar-refractivity contribution in [2.24, 2.45) is 11.0 Å². The zero-order valence-electron chi connectivity index (χ0n) is 18.5. The molecule has 1 fully saturated rings. The second-order valence-corrected chi connectivity index (χ2v) is 8.16. The predicted octanol–water partition coefficient (Wildman–Crippen LogP) is 5.36. The van der Waals surface area contributed by atoms with Crippen LogP contribution in [0.25, 0.3) is 16.9 Å². The maximum atomic E-state index is 12.4. The van der Waals surface area contributed by atoms with Crippen LogP contribution in [0.1, 0.15) is 51.0 Å². The Morgan fingerprint density at radius 3 is 2.59 bits per heavy atom. The number of carbonyl (C=O) groups excluding carboxylic acids is 1. The van der Waals surface area contributed by atoms with E-state index in [1.54, 1.807) is 6.21 Å². The van der Waals surface area contributed by atoms with Crippen LogP contribution in [0.3, 0.4) is 0 Å². The minimum absolute atomic E-state index is 0.00961. The Morgan fingerprint density at radius 2 is 1.88 bits per heavy atom. The van der Waals surface area contributed by atoms with Crippen molar-refractivity contribution in [2.75, 3.05) is 6.61 Å². The second-order valence-electron chi connectivity index (χ2n) is 8.16. The lowest BCUT2D eigenvalue weighted by Crippen LogP contribution is -2.28. The van der Waals surface area contributed by atoms with Gasteiger partial charge in [-0.3, -0.25) is 4.79 Å². The number of carbonyl (C=O) groups is 1. The molecule has 0 atom stereocenters. The maximum Gasteiger partial charge on any atom is 0.243 e. The number of aromatic nitrogens is 2. The molecule has 0 unspecified atom stereocenters. The third-order valence-corrected chi connectivity index (χ3v) is 5.72. The summed E-state index contributed by atoms with van der Waals surface area (Å²) in [4.78, 5) is 12.4. The molecule has 2 aromatic carbocycles. The smallest absolute Gasteiger partial charge is 0.243 e. The molecule has 1 N–H and O–H groups in total. The maximum absolute atomic E-state index is 12.4. The molecule has 166 valence electrons. The lowest BCUT2D eigenvalue weighted by atomic mass is 9.89. The third-order valence-electron chi connectivity index (χ3n) is 5.72. The van der Waals surface area contributed by atoms with Crippen LogP contribution < -0.4 is 10.2 Å².